The van der Waals surface area contributed by atoms with Crippen LogP contribution in [0.1, 0.15) is 42.0 Å². The van der Waals surface area contributed by atoms with Gasteiger partial charge in [0.15, 0.2) is 0 Å². The molecule has 0 atom stereocenters. The summed E-state index contributed by atoms with van der Waals surface area (Å²) in [6, 6.07) is 22.4. The molecule has 1 nitrogen and oxygen atoms in total. The minimum absolute atomic E-state index is 0.164. The van der Waals surface area contributed by atoms with Gasteiger partial charge in [0, 0.05) is 16.5 Å². The Morgan fingerprint density at radius 3 is 2.21 bits per heavy atom. The van der Waals surface area contributed by atoms with Gasteiger partial charge < -0.3 is 4.74 Å². The quantitative estimate of drug-likeness (QED) is 0.207. The van der Waals surface area contributed by atoms with Gasteiger partial charge in [-0.25, -0.2) is 8.78 Å². The van der Waals surface area contributed by atoms with E-state index in [9.17, 15) is 4.39 Å². The van der Waals surface area contributed by atoms with Gasteiger partial charge in [0.05, 0.1) is 6.61 Å². The average molecular weight is 479 g/mol. The Morgan fingerprint density at radius 2 is 1.44 bits per heavy atom. The molecular weight excluding hydrogens is 450 g/mol. The largest absolute Gasteiger partial charge is 0.493 e. The van der Waals surface area contributed by atoms with Crippen molar-refractivity contribution in [2.75, 3.05) is 6.61 Å². The molecule has 4 heteroatoms. The number of ether oxygens (including phenoxy) is 1. The normalized spacial score (nSPS) is 11.2. The van der Waals surface area contributed by atoms with Crippen molar-refractivity contribution in [1.82, 2.24) is 0 Å². The Hall–Kier alpha value is -2.91. The third kappa shape index (κ3) is 6.15. The molecule has 34 heavy (non-hydrogen) atoms. The third-order valence-corrected chi connectivity index (χ3v) is 6.42. The van der Waals surface area contributed by atoms with Crippen LogP contribution in [0.15, 0.2) is 72.8 Å². The van der Waals surface area contributed by atoms with E-state index in [1.165, 1.54) is 6.07 Å². The zero-order valence-electron chi connectivity index (χ0n) is 19.4. The highest BCUT2D eigenvalue weighted by Crippen LogP contribution is 2.25. The lowest BCUT2D eigenvalue weighted by Gasteiger charge is -2.10. The van der Waals surface area contributed by atoms with Gasteiger partial charge in [-0.05, 0) is 77.9 Å². The molecule has 0 aliphatic rings. The molecule has 0 amide bonds. The first kappa shape index (κ1) is 24.2. The van der Waals surface area contributed by atoms with Gasteiger partial charge in [-0.15, -0.1) is 0 Å². The maximum Gasteiger partial charge on any atom is 0.134 e. The molecule has 176 valence electrons. The van der Waals surface area contributed by atoms with Gasteiger partial charge in [-0.3, -0.25) is 0 Å². The first-order valence-corrected chi connectivity index (χ1v) is 12.3. The number of unbranched alkanes of at least 4 members (excludes halogenated alkanes) is 1. The molecule has 0 unspecified atom stereocenters. The van der Waals surface area contributed by atoms with Crippen LogP contribution in [0.5, 0.6) is 5.75 Å². The smallest absolute Gasteiger partial charge is 0.134 e. The van der Waals surface area contributed by atoms with Crippen molar-refractivity contribution in [3.8, 4) is 5.75 Å². The summed E-state index contributed by atoms with van der Waals surface area (Å²) in [5.41, 5.74) is 3.56. The lowest BCUT2D eigenvalue weighted by atomic mass is 9.97. The number of hydrogen-bond acceptors (Lipinski definition) is 1. The fourth-order valence-electron chi connectivity index (χ4n) is 4.10. The van der Waals surface area contributed by atoms with Gasteiger partial charge in [0.25, 0.3) is 0 Å². The molecular formula is C30H29ClF2O. The van der Waals surface area contributed by atoms with E-state index in [0.29, 0.717) is 53.2 Å². The lowest BCUT2D eigenvalue weighted by molar-refractivity contribution is 0.307. The molecule has 0 aromatic heterocycles. The van der Waals surface area contributed by atoms with Crippen molar-refractivity contribution in [3.63, 3.8) is 0 Å². The van der Waals surface area contributed by atoms with Crippen molar-refractivity contribution >= 4 is 22.4 Å². The number of aryl methyl sites for hydroxylation is 4. The summed E-state index contributed by atoms with van der Waals surface area (Å²) in [6.07, 6.45) is 4.64. The molecule has 4 aromatic carbocycles. The average Bonchev–Trinajstić information content (AvgIpc) is 2.84. The summed E-state index contributed by atoms with van der Waals surface area (Å²) in [5.74, 6) is 0.164. The fraction of sp³-hybridized carbons (Fsp3) is 0.267. The van der Waals surface area contributed by atoms with Crippen LogP contribution in [-0.2, 0) is 25.7 Å². The van der Waals surface area contributed by atoms with Crippen LogP contribution in [0.3, 0.4) is 0 Å². The molecule has 0 aliphatic carbocycles. The van der Waals surface area contributed by atoms with E-state index in [0.717, 1.165) is 35.8 Å². The van der Waals surface area contributed by atoms with E-state index >= 15 is 4.39 Å². The number of rotatable bonds is 10. The van der Waals surface area contributed by atoms with Crippen LogP contribution in [0.25, 0.3) is 10.8 Å². The van der Waals surface area contributed by atoms with Crippen LogP contribution >= 0.6 is 11.6 Å². The van der Waals surface area contributed by atoms with Gasteiger partial charge in [-0.1, -0.05) is 73.5 Å². The zero-order chi connectivity index (χ0) is 23.9. The molecule has 0 bridgehead atoms. The summed E-state index contributed by atoms with van der Waals surface area (Å²) in [6.45, 7) is 2.70. The van der Waals surface area contributed by atoms with E-state index < -0.39 is 0 Å². The first-order valence-electron chi connectivity index (χ1n) is 11.9. The Morgan fingerprint density at radius 1 is 0.735 bits per heavy atom. The summed E-state index contributed by atoms with van der Waals surface area (Å²) in [7, 11) is 0. The highest BCUT2D eigenvalue weighted by molar-refractivity contribution is 6.30. The molecule has 0 radical (unpaired) electrons. The van der Waals surface area contributed by atoms with Gasteiger partial charge >= 0.3 is 0 Å². The van der Waals surface area contributed by atoms with Crippen molar-refractivity contribution in [3.05, 3.63) is 112 Å². The second-order valence-electron chi connectivity index (χ2n) is 8.68. The second kappa shape index (κ2) is 11.5. The maximum absolute atomic E-state index is 15.1. The van der Waals surface area contributed by atoms with Crippen molar-refractivity contribution in [2.24, 2.45) is 0 Å². The zero-order valence-corrected chi connectivity index (χ0v) is 20.2. The standard InChI is InChI=1S/C30H29ClF2O/c1-2-3-18-34-27-16-13-23(29(32)20-27)9-5-22-8-17-28-25(19-22)12-11-24(30(28)33)10-4-21-6-14-26(31)15-7-21/h6-8,11-17,19-20H,2-5,9-10,18H2,1H3. The highest BCUT2D eigenvalue weighted by Gasteiger charge is 2.10. The molecule has 0 heterocycles. The van der Waals surface area contributed by atoms with Crippen molar-refractivity contribution in [2.45, 2.75) is 45.4 Å². The predicted octanol–water partition coefficient (Wildman–Crippen LogP) is 8.52. The summed E-state index contributed by atoms with van der Waals surface area (Å²) in [4.78, 5) is 0. The number of hydrogen-bond donors (Lipinski definition) is 0. The van der Waals surface area contributed by atoms with Crippen LogP contribution in [0.2, 0.25) is 5.02 Å². The molecule has 0 N–H and O–H groups in total. The van der Waals surface area contributed by atoms with E-state index in [-0.39, 0.29) is 11.6 Å². The molecule has 0 fully saturated rings. The Labute approximate surface area is 205 Å². The van der Waals surface area contributed by atoms with Crippen LogP contribution in [0.4, 0.5) is 8.78 Å². The molecule has 0 aliphatic heterocycles. The highest BCUT2D eigenvalue weighted by atomic mass is 35.5. The first-order chi connectivity index (χ1) is 16.5. The van der Waals surface area contributed by atoms with Crippen LogP contribution < -0.4 is 4.74 Å². The van der Waals surface area contributed by atoms with Gasteiger partial charge in [0.1, 0.15) is 17.4 Å². The van der Waals surface area contributed by atoms with Gasteiger partial charge in [-0.2, -0.15) is 0 Å². The summed E-state index contributed by atoms with van der Waals surface area (Å²) in [5, 5.41) is 2.19. The number of halogens is 3. The Balaban J connectivity index is 1.40. The molecule has 0 saturated carbocycles. The summed E-state index contributed by atoms with van der Waals surface area (Å²) >= 11 is 5.94. The topological polar surface area (TPSA) is 9.23 Å². The lowest BCUT2D eigenvalue weighted by Crippen LogP contribution is -2.00. The minimum Gasteiger partial charge on any atom is -0.493 e. The second-order valence-corrected chi connectivity index (χ2v) is 9.11. The molecule has 4 aromatic rings. The Kier molecular flexibility index (Phi) is 8.18. The third-order valence-electron chi connectivity index (χ3n) is 6.17. The van der Waals surface area contributed by atoms with Crippen LogP contribution in [0, 0.1) is 11.6 Å². The van der Waals surface area contributed by atoms with E-state index in [1.54, 1.807) is 6.07 Å². The van der Waals surface area contributed by atoms with E-state index in [2.05, 4.69) is 6.92 Å². The monoisotopic (exact) mass is 478 g/mol. The Bertz CT molecular complexity index is 1250. The summed E-state index contributed by atoms with van der Waals surface area (Å²) < 4.78 is 35.2. The number of fused-ring (bicyclic) bond motifs is 1. The SMILES string of the molecule is CCCCOc1ccc(CCc2ccc3c(F)c(CCc4ccc(Cl)cc4)ccc3c2)c(F)c1. The fourth-order valence-corrected chi connectivity index (χ4v) is 4.23. The molecule has 0 spiro atoms. The maximum atomic E-state index is 15.1. The molecule has 4 rings (SSSR count). The minimum atomic E-state index is -0.244. The van der Waals surface area contributed by atoms with Crippen molar-refractivity contribution in [1.29, 1.82) is 0 Å². The van der Waals surface area contributed by atoms with Gasteiger partial charge in [0.2, 0.25) is 0 Å². The van der Waals surface area contributed by atoms with E-state index in [4.69, 9.17) is 16.3 Å². The van der Waals surface area contributed by atoms with Crippen LogP contribution in [-0.4, -0.2) is 6.61 Å². The molecule has 0 saturated heterocycles. The predicted molar refractivity (Wildman–Crippen MR) is 137 cm³/mol. The van der Waals surface area contributed by atoms with E-state index in [1.807, 2.05) is 60.7 Å². The van der Waals surface area contributed by atoms with Crippen molar-refractivity contribution < 1.29 is 13.5 Å². The number of benzene rings is 4.